The van der Waals surface area contributed by atoms with Crippen molar-refractivity contribution in [2.24, 2.45) is 16.7 Å². The Kier molecular flexibility index (Phi) is 12.7. The molecule has 3 fully saturated rings. The number of rotatable bonds is 12. The highest BCUT2D eigenvalue weighted by molar-refractivity contribution is 7.12. The zero-order valence-corrected chi connectivity index (χ0v) is 38.0. The number of amides is 1. The summed E-state index contributed by atoms with van der Waals surface area (Å²) in [5, 5.41) is 43.8. The minimum Gasteiger partial charge on any atom is -0.497 e. The highest BCUT2D eigenvalue weighted by Gasteiger charge is 2.78. The van der Waals surface area contributed by atoms with Crippen LogP contribution in [0.5, 0.6) is 11.5 Å². The summed E-state index contributed by atoms with van der Waals surface area (Å²) in [5.41, 5.74) is -8.16. The van der Waals surface area contributed by atoms with Gasteiger partial charge in [-0.3, -0.25) is 19.2 Å². The largest absolute Gasteiger partial charge is 0.497 e. The standard InChI is InChI=1S/C45H51NO16S2/c1-21-27(60-41(54)34(50)33(28-11-9-15-63-28)46-39(52)29-12-10-16-64-29)19-45(55)38(61-40(53)25-17-24(56-7)13-14-26(25)57-8)36-43(6,30(49)18-31-44(36,20-58-31)62-23(3)48)37(51)35(59-22(2)47)32(21)42(45,4)5/h9-17,27,30-31,33-36,38,49-50,55H,18-20H2,1-8H3,(H,46,52)/t27-,30-,31+,33-,34+,35+,36-,38-,43+,44-,45+/m0/s1. The maximum atomic E-state index is 15.6. The number of carbonyl (C=O) groups is 6. The number of nitrogens with one attached hydrogen (secondary N) is 1. The van der Waals surface area contributed by atoms with Crippen LogP contribution in [-0.2, 0) is 42.9 Å². The Hall–Kier alpha value is -5.18. The highest BCUT2D eigenvalue weighted by Crippen LogP contribution is 2.64. The number of benzene rings is 1. The van der Waals surface area contributed by atoms with Gasteiger partial charge in [-0.1, -0.05) is 26.0 Å². The Morgan fingerprint density at radius 2 is 1.64 bits per heavy atom. The summed E-state index contributed by atoms with van der Waals surface area (Å²) in [6, 6.07) is 9.60. The number of esters is 4. The van der Waals surface area contributed by atoms with Crippen molar-refractivity contribution in [1.82, 2.24) is 5.32 Å². The molecule has 0 unspecified atom stereocenters. The van der Waals surface area contributed by atoms with Crippen LogP contribution in [0.3, 0.4) is 0 Å². The first-order valence-electron chi connectivity index (χ1n) is 20.5. The van der Waals surface area contributed by atoms with Gasteiger partial charge in [-0.15, -0.1) is 22.7 Å². The summed E-state index contributed by atoms with van der Waals surface area (Å²) in [6.45, 7) is 7.83. The van der Waals surface area contributed by atoms with Crippen molar-refractivity contribution in [3.63, 3.8) is 0 Å². The molecule has 0 spiro atoms. The minimum atomic E-state index is -2.46. The van der Waals surface area contributed by atoms with Gasteiger partial charge in [0.05, 0.1) is 43.1 Å². The van der Waals surface area contributed by atoms with E-state index in [-0.39, 0.29) is 41.2 Å². The Labute approximate surface area is 376 Å². The average Bonchev–Trinajstić information content (AvgIpc) is 3.99. The van der Waals surface area contributed by atoms with Crippen LogP contribution in [0.2, 0.25) is 0 Å². The molecule has 4 N–H and O–H groups in total. The van der Waals surface area contributed by atoms with E-state index in [1.165, 1.54) is 65.4 Å². The minimum absolute atomic E-state index is 0.0325. The van der Waals surface area contributed by atoms with Crippen molar-refractivity contribution >= 4 is 58.2 Å². The van der Waals surface area contributed by atoms with Crippen molar-refractivity contribution in [3.8, 4) is 11.5 Å². The molecule has 3 aliphatic carbocycles. The summed E-state index contributed by atoms with van der Waals surface area (Å²) in [7, 11) is 2.71. The third-order valence-corrected chi connectivity index (χ3v) is 15.3. The molecule has 1 saturated heterocycles. The first-order valence-corrected chi connectivity index (χ1v) is 22.3. The number of hydrogen-bond acceptors (Lipinski definition) is 18. The van der Waals surface area contributed by atoms with Gasteiger partial charge in [0.2, 0.25) is 0 Å². The second-order valence-electron chi connectivity index (χ2n) is 17.3. The van der Waals surface area contributed by atoms with Crippen molar-refractivity contribution in [1.29, 1.82) is 0 Å². The summed E-state index contributed by atoms with van der Waals surface area (Å²) in [6.07, 6.45) is -10.8. The molecule has 64 heavy (non-hydrogen) atoms. The molecule has 0 radical (unpaired) electrons. The van der Waals surface area contributed by atoms with Crippen LogP contribution in [-0.4, -0.2) is 120 Å². The molecule has 17 nitrogen and oxygen atoms in total. The molecule has 19 heteroatoms. The number of ether oxygens (including phenoxy) is 7. The summed E-state index contributed by atoms with van der Waals surface area (Å²) in [4.78, 5) is 84.8. The molecular weight excluding hydrogens is 875 g/mol. The fourth-order valence-electron chi connectivity index (χ4n) is 10.2. The predicted molar refractivity (Wildman–Crippen MR) is 227 cm³/mol. The van der Waals surface area contributed by atoms with Gasteiger partial charge in [0.1, 0.15) is 47.0 Å². The highest BCUT2D eigenvalue weighted by atomic mass is 32.1. The normalized spacial score (nSPS) is 31.3. The van der Waals surface area contributed by atoms with E-state index in [1.54, 1.807) is 41.1 Å². The number of Topliss-reactive ketones (excluding diaryl/α,β-unsaturated/α-hetero) is 1. The Balaban J connectivity index is 1.41. The molecular formula is C45H51NO16S2. The van der Waals surface area contributed by atoms with Gasteiger partial charge in [-0.2, -0.15) is 0 Å². The van der Waals surface area contributed by atoms with Crippen molar-refractivity contribution in [2.45, 2.75) is 108 Å². The SMILES string of the molecule is COc1ccc(OC)c(C(=O)O[C@H]2[C@@H]3[C@]4(OC(C)=O)CO[C@@H]4C[C@H](O)[C@@]3(C)C(=O)[C@H](OC(C)=O)C3=C(C)[C@@H](OC(=O)[C@H](O)[C@@H](NC(=O)c4cccs4)c4cccs4)C[C@]2(O)C3(C)C)c1. The molecule has 344 valence electrons. The van der Waals surface area contributed by atoms with Crippen LogP contribution in [0, 0.1) is 16.7 Å². The Morgan fingerprint density at radius 3 is 2.22 bits per heavy atom. The number of hydrogen-bond donors (Lipinski definition) is 4. The fourth-order valence-corrected chi connectivity index (χ4v) is 11.6. The van der Waals surface area contributed by atoms with Crippen molar-refractivity contribution in [2.75, 3.05) is 20.8 Å². The van der Waals surface area contributed by atoms with Gasteiger partial charge in [0, 0.05) is 37.0 Å². The molecule has 2 bridgehead atoms. The van der Waals surface area contributed by atoms with E-state index in [0.717, 1.165) is 25.2 Å². The molecule has 2 saturated carbocycles. The lowest BCUT2D eigenvalue weighted by Crippen LogP contribution is -2.82. The van der Waals surface area contributed by atoms with Crippen molar-refractivity contribution < 1.29 is 77.2 Å². The number of fused-ring (bicyclic) bond motifs is 5. The van der Waals surface area contributed by atoms with Gasteiger partial charge >= 0.3 is 23.9 Å². The first kappa shape index (κ1) is 46.8. The first-order chi connectivity index (χ1) is 30.2. The monoisotopic (exact) mass is 925 g/mol. The van der Waals surface area contributed by atoms with Gasteiger partial charge < -0.3 is 53.8 Å². The Morgan fingerprint density at radius 1 is 0.938 bits per heavy atom. The number of carbonyl (C=O) groups excluding carboxylic acids is 6. The van der Waals surface area contributed by atoms with E-state index in [2.05, 4.69) is 5.32 Å². The topological polar surface area (TPSA) is 240 Å². The van der Waals surface area contributed by atoms with Crippen LogP contribution < -0.4 is 14.8 Å². The molecule has 7 rings (SSSR count). The van der Waals surface area contributed by atoms with Gasteiger partial charge in [-0.25, -0.2) is 9.59 Å². The molecule has 1 aromatic carbocycles. The quantitative estimate of drug-likeness (QED) is 0.115. The number of ketones is 1. The van der Waals surface area contributed by atoms with Crippen LogP contribution in [0.4, 0.5) is 0 Å². The van der Waals surface area contributed by atoms with Crippen LogP contribution in [0.1, 0.15) is 85.3 Å². The second-order valence-corrected chi connectivity index (χ2v) is 19.2. The fraction of sp³-hybridized carbons (Fsp3) is 0.511. The number of methoxy groups -OCH3 is 2. The zero-order valence-electron chi connectivity index (χ0n) is 36.4. The van der Waals surface area contributed by atoms with Crippen LogP contribution in [0.25, 0.3) is 0 Å². The average molecular weight is 926 g/mol. The smallest absolute Gasteiger partial charge is 0.342 e. The second kappa shape index (κ2) is 17.3. The predicted octanol–water partition coefficient (Wildman–Crippen LogP) is 3.88. The molecule has 3 aromatic rings. The number of aliphatic hydroxyl groups excluding tert-OH is 2. The molecule has 1 amide bonds. The number of thiophene rings is 2. The molecule has 2 aromatic heterocycles. The third kappa shape index (κ3) is 7.58. The van der Waals surface area contributed by atoms with E-state index in [9.17, 15) is 39.3 Å². The number of aliphatic hydroxyl groups is 3. The lowest BCUT2D eigenvalue weighted by atomic mass is 9.44. The van der Waals surface area contributed by atoms with Gasteiger partial charge in [-0.05, 0) is 66.1 Å². The van der Waals surface area contributed by atoms with Gasteiger partial charge in [0.25, 0.3) is 5.91 Å². The summed E-state index contributed by atoms with van der Waals surface area (Å²) < 4.78 is 41.3. The molecule has 4 aliphatic rings. The summed E-state index contributed by atoms with van der Waals surface area (Å²) >= 11 is 2.32. The maximum Gasteiger partial charge on any atom is 0.342 e. The van der Waals surface area contributed by atoms with Gasteiger partial charge in [0.15, 0.2) is 23.6 Å². The van der Waals surface area contributed by atoms with E-state index in [0.29, 0.717) is 9.75 Å². The molecule has 1 aliphatic heterocycles. The maximum absolute atomic E-state index is 15.6. The lowest BCUT2D eigenvalue weighted by molar-refractivity contribution is -0.346. The molecule has 11 atom stereocenters. The Bertz CT molecular complexity index is 2360. The van der Waals surface area contributed by atoms with Crippen LogP contribution >= 0.6 is 22.7 Å². The van der Waals surface area contributed by atoms with E-state index >= 15 is 4.79 Å². The van der Waals surface area contributed by atoms with Crippen LogP contribution in [0.15, 0.2) is 64.4 Å². The van der Waals surface area contributed by atoms with Crippen molar-refractivity contribution in [3.05, 3.63) is 79.7 Å². The lowest BCUT2D eigenvalue weighted by Gasteiger charge is -2.67. The molecule has 3 heterocycles. The zero-order chi connectivity index (χ0) is 46.7. The third-order valence-electron chi connectivity index (χ3n) is 13.5. The van der Waals surface area contributed by atoms with E-state index in [4.69, 9.17) is 33.2 Å². The van der Waals surface area contributed by atoms with E-state index in [1.807, 2.05) is 0 Å². The summed E-state index contributed by atoms with van der Waals surface area (Å²) in [5.74, 6) is -6.82. The van der Waals surface area contributed by atoms with E-state index < -0.39 is 113 Å².